The first-order valence-electron chi connectivity index (χ1n) is 11.6. The van der Waals surface area contributed by atoms with Gasteiger partial charge in [0.1, 0.15) is 13.2 Å². The van der Waals surface area contributed by atoms with Crippen LogP contribution in [-0.2, 0) is 19.1 Å². The number of ether oxygens (including phenoxy) is 2. The van der Waals surface area contributed by atoms with Crippen molar-refractivity contribution < 1.29 is 19.1 Å². The number of hydrogen-bond donors (Lipinski definition) is 0. The first kappa shape index (κ1) is 24.5. The van der Waals surface area contributed by atoms with Crippen molar-refractivity contribution in [3.63, 3.8) is 0 Å². The molecule has 2 amide bonds. The summed E-state index contributed by atoms with van der Waals surface area (Å²) in [7, 11) is 1.49. The lowest BCUT2D eigenvalue weighted by atomic mass is 10.00. The third-order valence-corrected chi connectivity index (χ3v) is 7.09. The summed E-state index contributed by atoms with van der Waals surface area (Å²) in [5.74, 6) is -0.388. The van der Waals surface area contributed by atoms with Crippen molar-refractivity contribution in [2.45, 2.75) is 19.4 Å². The number of methoxy groups -OCH3 is 1. The van der Waals surface area contributed by atoms with E-state index in [1.54, 1.807) is 21.2 Å². The topological polar surface area (TPSA) is 74.7 Å². The summed E-state index contributed by atoms with van der Waals surface area (Å²) < 4.78 is 10.5. The average molecular weight is 485 g/mol. The lowest BCUT2D eigenvalue weighted by Gasteiger charge is -2.31. The molecule has 0 N–H and O–H groups in total. The van der Waals surface area contributed by atoms with Gasteiger partial charge in [-0.2, -0.15) is 5.10 Å². The Bertz CT molecular complexity index is 987. The third kappa shape index (κ3) is 6.09. The minimum absolute atomic E-state index is 0.0316. The summed E-state index contributed by atoms with van der Waals surface area (Å²) in [6.45, 7) is 6.15. The minimum Gasteiger partial charge on any atom is -0.379 e. The highest BCUT2D eigenvalue weighted by molar-refractivity contribution is 7.12. The summed E-state index contributed by atoms with van der Waals surface area (Å²) in [6, 6.07) is 12.0. The molecule has 1 aromatic carbocycles. The number of amides is 2. The molecular weight excluding hydrogens is 452 g/mol. The van der Waals surface area contributed by atoms with Gasteiger partial charge in [-0.15, -0.1) is 11.3 Å². The Morgan fingerprint density at radius 2 is 1.97 bits per heavy atom. The Kier molecular flexibility index (Phi) is 8.44. The van der Waals surface area contributed by atoms with Crippen LogP contribution in [0.3, 0.4) is 0 Å². The molecule has 0 unspecified atom stereocenters. The molecule has 0 bridgehead atoms. The molecule has 0 aliphatic carbocycles. The van der Waals surface area contributed by atoms with Gasteiger partial charge in [0.15, 0.2) is 0 Å². The fourth-order valence-corrected chi connectivity index (χ4v) is 4.93. The Hall–Kier alpha value is -2.59. The quantitative estimate of drug-likeness (QED) is 0.547. The van der Waals surface area contributed by atoms with Crippen LogP contribution >= 0.6 is 11.3 Å². The Morgan fingerprint density at radius 3 is 2.65 bits per heavy atom. The number of thiophene rings is 1. The Balaban J connectivity index is 1.51. The molecule has 4 rings (SSSR count). The van der Waals surface area contributed by atoms with Gasteiger partial charge in [0, 0.05) is 39.7 Å². The van der Waals surface area contributed by atoms with E-state index in [1.165, 1.54) is 12.7 Å². The van der Waals surface area contributed by atoms with Gasteiger partial charge in [-0.1, -0.05) is 35.9 Å². The fourth-order valence-electron chi connectivity index (χ4n) is 4.21. The second-order valence-corrected chi connectivity index (χ2v) is 9.54. The molecule has 2 aromatic rings. The number of carbonyl (C=O) groups is 2. The minimum atomic E-state index is -0.197. The van der Waals surface area contributed by atoms with Gasteiger partial charge in [0.2, 0.25) is 5.91 Å². The van der Waals surface area contributed by atoms with Crippen LogP contribution in [0.4, 0.5) is 0 Å². The number of carbonyl (C=O) groups excluding carboxylic acids is 2. The van der Waals surface area contributed by atoms with Crippen LogP contribution < -0.4 is 0 Å². The third-order valence-electron chi connectivity index (χ3n) is 6.17. The number of nitrogens with zero attached hydrogens (tertiary/aromatic N) is 4. The highest BCUT2D eigenvalue weighted by Gasteiger charge is 2.34. The number of aryl methyl sites for hydroxylation is 1. The highest BCUT2D eigenvalue weighted by atomic mass is 32.1. The van der Waals surface area contributed by atoms with Crippen LogP contribution in [-0.4, -0.2) is 92.0 Å². The van der Waals surface area contributed by atoms with Crippen LogP contribution in [0.25, 0.3) is 0 Å². The van der Waals surface area contributed by atoms with Gasteiger partial charge in [-0.05, 0) is 23.9 Å². The molecule has 1 saturated heterocycles. The first-order chi connectivity index (χ1) is 16.5. The van der Waals surface area contributed by atoms with Crippen LogP contribution in [0, 0.1) is 6.92 Å². The van der Waals surface area contributed by atoms with E-state index in [0.29, 0.717) is 32.7 Å². The van der Waals surface area contributed by atoms with Crippen LogP contribution in [0.1, 0.15) is 28.5 Å². The molecule has 34 heavy (non-hydrogen) atoms. The highest BCUT2D eigenvalue weighted by Crippen LogP contribution is 2.34. The molecule has 0 spiro atoms. The summed E-state index contributed by atoms with van der Waals surface area (Å²) >= 11 is 1.62. The van der Waals surface area contributed by atoms with Crippen molar-refractivity contribution in [3.05, 3.63) is 57.8 Å². The summed E-state index contributed by atoms with van der Waals surface area (Å²) in [5, 5.41) is 8.32. The van der Waals surface area contributed by atoms with Gasteiger partial charge < -0.3 is 14.4 Å². The van der Waals surface area contributed by atoms with E-state index in [9.17, 15) is 9.59 Å². The van der Waals surface area contributed by atoms with E-state index >= 15 is 0 Å². The van der Waals surface area contributed by atoms with Gasteiger partial charge in [0.05, 0.1) is 29.8 Å². The standard InChI is InChI=1S/C25H32N4O4S/c1-19-5-7-20(8-6-19)22-16-21(23-4-3-15-34-23)26-29(22)24(30)17-28(25(31)18-32-2)10-9-27-11-13-33-14-12-27/h3-8,15,22H,9-14,16-18H2,1-2H3/t22-/m0/s1. The zero-order chi connectivity index (χ0) is 23.9. The summed E-state index contributed by atoms with van der Waals surface area (Å²) in [6.07, 6.45) is 0.648. The van der Waals surface area contributed by atoms with Gasteiger partial charge >= 0.3 is 0 Å². The molecule has 9 heteroatoms. The zero-order valence-electron chi connectivity index (χ0n) is 19.8. The fraction of sp³-hybridized carbons (Fsp3) is 0.480. The maximum atomic E-state index is 13.5. The maximum Gasteiger partial charge on any atom is 0.262 e. The molecule has 1 atom stereocenters. The van der Waals surface area contributed by atoms with Crippen LogP contribution in [0.15, 0.2) is 46.9 Å². The molecule has 0 saturated carbocycles. The molecule has 3 heterocycles. The van der Waals surface area contributed by atoms with E-state index in [-0.39, 0.29) is 31.0 Å². The van der Waals surface area contributed by atoms with Crippen molar-refractivity contribution in [2.75, 3.05) is 59.7 Å². The maximum absolute atomic E-state index is 13.5. The molecular formula is C25H32N4O4S. The molecule has 182 valence electrons. The van der Waals surface area contributed by atoms with E-state index in [1.807, 2.05) is 24.4 Å². The van der Waals surface area contributed by atoms with E-state index < -0.39 is 0 Å². The second-order valence-electron chi connectivity index (χ2n) is 8.60. The van der Waals surface area contributed by atoms with Crippen molar-refractivity contribution >= 4 is 28.9 Å². The van der Waals surface area contributed by atoms with Crippen molar-refractivity contribution in [1.29, 1.82) is 0 Å². The van der Waals surface area contributed by atoms with Crippen molar-refractivity contribution in [1.82, 2.24) is 14.8 Å². The number of benzene rings is 1. The molecule has 1 fully saturated rings. The Labute approximate surface area is 204 Å². The summed E-state index contributed by atoms with van der Waals surface area (Å²) in [4.78, 5) is 31.2. The van der Waals surface area contributed by atoms with E-state index in [2.05, 4.69) is 29.2 Å². The molecule has 1 aromatic heterocycles. The predicted molar refractivity (Wildman–Crippen MR) is 132 cm³/mol. The van der Waals surface area contributed by atoms with Gasteiger partial charge in [-0.3, -0.25) is 14.5 Å². The van der Waals surface area contributed by atoms with Gasteiger partial charge in [-0.25, -0.2) is 5.01 Å². The lowest BCUT2D eigenvalue weighted by molar-refractivity contribution is -0.143. The smallest absolute Gasteiger partial charge is 0.262 e. The van der Waals surface area contributed by atoms with Gasteiger partial charge in [0.25, 0.3) is 5.91 Å². The predicted octanol–water partition coefficient (Wildman–Crippen LogP) is 2.54. The average Bonchev–Trinajstić information content (AvgIpc) is 3.53. The number of rotatable bonds is 9. The largest absolute Gasteiger partial charge is 0.379 e. The van der Waals surface area contributed by atoms with Crippen LogP contribution in [0.2, 0.25) is 0 Å². The second kappa shape index (κ2) is 11.7. The summed E-state index contributed by atoms with van der Waals surface area (Å²) in [5.41, 5.74) is 3.10. The molecule has 2 aliphatic heterocycles. The van der Waals surface area contributed by atoms with E-state index in [4.69, 9.17) is 14.6 Å². The van der Waals surface area contributed by atoms with Crippen molar-refractivity contribution in [3.8, 4) is 0 Å². The zero-order valence-corrected chi connectivity index (χ0v) is 20.6. The lowest BCUT2D eigenvalue weighted by Crippen LogP contribution is -2.47. The van der Waals surface area contributed by atoms with Crippen LogP contribution in [0.5, 0.6) is 0 Å². The molecule has 8 nitrogen and oxygen atoms in total. The molecule has 0 radical (unpaired) electrons. The number of hydrogen-bond acceptors (Lipinski definition) is 7. The van der Waals surface area contributed by atoms with Crippen molar-refractivity contribution in [2.24, 2.45) is 5.10 Å². The number of morpholine rings is 1. The first-order valence-corrected chi connectivity index (χ1v) is 12.5. The number of hydrazone groups is 1. The Morgan fingerprint density at radius 1 is 1.21 bits per heavy atom. The normalized spacial score (nSPS) is 18.7. The monoisotopic (exact) mass is 484 g/mol. The molecule has 2 aliphatic rings. The van der Waals surface area contributed by atoms with E-state index in [0.717, 1.165) is 29.2 Å². The SMILES string of the molecule is COCC(=O)N(CCN1CCOCC1)CC(=O)N1N=C(c2cccs2)C[C@H]1c1ccc(C)cc1.